The van der Waals surface area contributed by atoms with E-state index in [0.29, 0.717) is 30.2 Å². The molecule has 5 nitrogen and oxygen atoms in total. The molecule has 36 heavy (non-hydrogen) atoms. The Bertz CT molecular complexity index is 1400. The van der Waals surface area contributed by atoms with Crippen LogP contribution < -0.4 is 10.1 Å². The van der Waals surface area contributed by atoms with Crippen molar-refractivity contribution in [2.75, 3.05) is 5.32 Å². The second kappa shape index (κ2) is 11.3. The number of aromatic nitrogens is 1. The summed E-state index contributed by atoms with van der Waals surface area (Å²) in [5, 5.41) is 14.8. The molecule has 0 spiro atoms. The smallest absolute Gasteiger partial charge is 0.347 e. The average molecular weight is 501 g/mol. The normalized spacial score (nSPS) is 13.0. The Hall–Kier alpha value is -3.83. The van der Waals surface area contributed by atoms with Crippen molar-refractivity contribution in [3.63, 3.8) is 0 Å². The van der Waals surface area contributed by atoms with E-state index in [1.54, 1.807) is 6.92 Å². The maximum atomic E-state index is 11.8. The van der Waals surface area contributed by atoms with Crippen molar-refractivity contribution in [2.24, 2.45) is 0 Å². The second-order valence-corrected chi connectivity index (χ2v) is 9.32. The number of carboxylic acid groups (broad SMARTS) is 1. The molecule has 0 saturated carbocycles. The van der Waals surface area contributed by atoms with Crippen LogP contribution in [0.15, 0.2) is 78.9 Å². The number of nitrogens with zero attached hydrogens (tertiary/aromatic N) is 1. The zero-order chi connectivity index (χ0) is 25.5. The number of fused-ring (bicyclic) bond motifs is 1. The predicted octanol–water partition coefficient (Wildman–Crippen LogP) is 7.69. The summed E-state index contributed by atoms with van der Waals surface area (Å²) < 4.78 is 6.01. The Morgan fingerprint density at radius 1 is 1.06 bits per heavy atom. The summed E-state index contributed by atoms with van der Waals surface area (Å²) in [6.45, 7) is 4.07. The number of halogens is 1. The lowest BCUT2D eigenvalue weighted by molar-refractivity contribution is -0.154. The van der Waals surface area contributed by atoms with Crippen molar-refractivity contribution in [1.29, 1.82) is 0 Å². The van der Waals surface area contributed by atoms with Gasteiger partial charge >= 0.3 is 5.97 Å². The van der Waals surface area contributed by atoms with Gasteiger partial charge in [-0.15, -0.1) is 0 Å². The molecular weight excluding hydrogens is 472 g/mol. The predicted molar refractivity (Wildman–Crippen MR) is 147 cm³/mol. The van der Waals surface area contributed by atoms with E-state index in [-0.39, 0.29) is 0 Å². The van der Waals surface area contributed by atoms with Crippen LogP contribution in [0.4, 0.5) is 5.69 Å². The first-order chi connectivity index (χ1) is 17.4. The van der Waals surface area contributed by atoms with E-state index in [1.165, 1.54) is 0 Å². The van der Waals surface area contributed by atoms with Gasteiger partial charge in [0.15, 0.2) is 0 Å². The Labute approximate surface area is 216 Å². The topological polar surface area (TPSA) is 71.5 Å². The zero-order valence-electron chi connectivity index (χ0n) is 20.4. The fraction of sp³-hybridized carbons (Fsp3) is 0.200. The Kier molecular flexibility index (Phi) is 7.91. The third-order valence-corrected chi connectivity index (χ3v) is 6.21. The van der Waals surface area contributed by atoms with E-state index in [4.69, 9.17) is 16.3 Å². The number of para-hydroxylation sites is 1. The molecule has 4 rings (SSSR count). The number of anilines is 1. The SMILES string of the molecule is CCCC(C)(Oc1ccccc1CNc1cccc(C=Cc2ccc3ccc(Cl)cc3n2)c1)C(=O)O. The third kappa shape index (κ3) is 6.23. The number of rotatable bonds is 10. The lowest BCUT2D eigenvalue weighted by Crippen LogP contribution is -2.41. The van der Waals surface area contributed by atoms with Gasteiger partial charge in [0, 0.05) is 28.2 Å². The molecule has 1 unspecified atom stereocenters. The third-order valence-electron chi connectivity index (χ3n) is 5.98. The molecule has 6 heteroatoms. The van der Waals surface area contributed by atoms with E-state index in [1.807, 2.05) is 91.9 Å². The Balaban J connectivity index is 1.46. The minimum absolute atomic E-state index is 0.428. The van der Waals surface area contributed by atoms with Crippen molar-refractivity contribution in [3.8, 4) is 5.75 Å². The highest BCUT2D eigenvalue weighted by molar-refractivity contribution is 6.31. The van der Waals surface area contributed by atoms with Gasteiger partial charge in [-0.25, -0.2) is 9.78 Å². The first kappa shape index (κ1) is 25.3. The molecule has 1 heterocycles. The lowest BCUT2D eigenvalue weighted by atomic mass is 10.0. The highest BCUT2D eigenvalue weighted by Gasteiger charge is 2.35. The molecule has 0 fully saturated rings. The minimum Gasteiger partial charge on any atom is -0.478 e. The van der Waals surface area contributed by atoms with E-state index >= 15 is 0 Å². The average Bonchev–Trinajstić information content (AvgIpc) is 2.87. The van der Waals surface area contributed by atoms with Gasteiger partial charge in [0.05, 0.1) is 11.2 Å². The first-order valence-corrected chi connectivity index (χ1v) is 12.3. The summed E-state index contributed by atoms with van der Waals surface area (Å²) in [6.07, 6.45) is 5.14. The molecule has 0 radical (unpaired) electrons. The number of hydrogen-bond acceptors (Lipinski definition) is 4. The minimum atomic E-state index is -1.27. The van der Waals surface area contributed by atoms with Crippen LogP contribution >= 0.6 is 11.6 Å². The zero-order valence-corrected chi connectivity index (χ0v) is 21.1. The molecular formula is C30H29ClN2O3. The first-order valence-electron chi connectivity index (χ1n) is 11.9. The van der Waals surface area contributed by atoms with Crippen molar-refractivity contribution >= 4 is 46.3 Å². The van der Waals surface area contributed by atoms with Gasteiger partial charge in [-0.05, 0) is 61.4 Å². The summed E-state index contributed by atoms with van der Waals surface area (Å²) in [7, 11) is 0. The number of nitrogens with one attached hydrogen (secondary N) is 1. The van der Waals surface area contributed by atoms with Crippen LogP contribution in [-0.2, 0) is 11.3 Å². The molecule has 0 saturated heterocycles. The van der Waals surface area contributed by atoms with Gasteiger partial charge in [-0.1, -0.05) is 73.5 Å². The highest BCUT2D eigenvalue weighted by Crippen LogP contribution is 2.27. The maximum absolute atomic E-state index is 11.8. The van der Waals surface area contributed by atoms with Crippen LogP contribution in [0.2, 0.25) is 5.02 Å². The van der Waals surface area contributed by atoms with Crippen LogP contribution in [0.3, 0.4) is 0 Å². The largest absolute Gasteiger partial charge is 0.478 e. The van der Waals surface area contributed by atoms with Gasteiger partial charge in [0.1, 0.15) is 5.75 Å². The number of hydrogen-bond donors (Lipinski definition) is 2. The summed E-state index contributed by atoms with van der Waals surface area (Å²) >= 11 is 6.11. The van der Waals surface area contributed by atoms with E-state index in [0.717, 1.165) is 33.4 Å². The quantitative estimate of drug-likeness (QED) is 0.233. The molecule has 0 aliphatic carbocycles. The molecule has 0 aliphatic rings. The van der Waals surface area contributed by atoms with Crippen LogP contribution in [0, 0.1) is 0 Å². The molecule has 184 valence electrons. The fourth-order valence-electron chi connectivity index (χ4n) is 4.00. The van der Waals surface area contributed by atoms with Crippen molar-refractivity contribution < 1.29 is 14.6 Å². The van der Waals surface area contributed by atoms with Crippen molar-refractivity contribution in [2.45, 2.75) is 38.8 Å². The van der Waals surface area contributed by atoms with E-state index < -0.39 is 11.6 Å². The van der Waals surface area contributed by atoms with Crippen LogP contribution in [-0.4, -0.2) is 21.7 Å². The second-order valence-electron chi connectivity index (χ2n) is 8.88. The van der Waals surface area contributed by atoms with Crippen LogP contribution in [0.25, 0.3) is 23.1 Å². The van der Waals surface area contributed by atoms with Gasteiger partial charge in [-0.2, -0.15) is 0 Å². The molecule has 3 aromatic carbocycles. The summed E-state index contributed by atoms with van der Waals surface area (Å²) in [4.78, 5) is 16.5. The number of pyridine rings is 1. The van der Waals surface area contributed by atoms with Crippen LogP contribution in [0.5, 0.6) is 5.75 Å². The molecule has 0 amide bonds. The van der Waals surface area contributed by atoms with Gasteiger partial charge in [0.25, 0.3) is 0 Å². The van der Waals surface area contributed by atoms with Gasteiger partial charge in [-0.3, -0.25) is 0 Å². The number of ether oxygens (including phenoxy) is 1. The number of carbonyl (C=O) groups is 1. The van der Waals surface area contributed by atoms with Crippen molar-refractivity contribution in [3.05, 3.63) is 101 Å². The Morgan fingerprint density at radius 2 is 1.86 bits per heavy atom. The van der Waals surface area contributed by atoms with Crippen molar-refractivity contribution in [1.82, 2.24) is 4.98 Å². The number of aliphatic carboxylic acids is 1. The van der Waals surface area contributed by atoms with Gasteiger partial charge < -0.3 is 15.2 Å². The Morgan fingerprint density at radius 3 is 2.67 bits per heavy atom. The summed E-state index contributed by atoms with van der Waals surface area (Å²) in [5.74, 6) is -0.391. The lowest BCUT2D eigenvalue weighted by Gasteiger charge is -2.27. The maximum Gasteiger partial charge on any atom is 0.347 e. The van der Waals surface area contributed by atoms with Gasteiger partial charge in [0.2, 0.25) is 5.60 Å². The molecule has 1 aromatic heterocycles. The standard InChI is InChI=1S/C30H29ClN2O3/c1-3-17-30(2,29(34)35)36-28-10-5-4-8-23(28)20-32-26-9-6-7-21(18-26)11-15-25-16-13-22-12-14-24(31)19-27(22)33-25/h4-16,18-19,32H,3,17,20H2,1-2H3,(H,34,35). The molecule has 0 bridgehead atoms. The molecule has 4 aromatic rings. The molecule has 2 N–H and O–H groups in total. The summed E-state index contributed by atoms with van der Waals surface area (Å²) in [5.41, 5.74) is 3.30. The van der Waals surface area contributed by atoms with E-state index in [9.17, 15) is 9.90 Å². The van der Waals surface area contributed by atoms with E-state index in [2.05, 4.69) is 16.4 Å². The fourth-order valence-corrected chi connectivity index (χ4v) is 4.17. The number of carboxylic acids is 1. The number of benzene rings is 3. The monoisotopic (exact) mass is 500 g/mol. The highest BCUT2D eigenvalue weighted by atomic mass is 35.5. The van der Waals surface area contributed by atoms with Crippen LogP contribution in [0.1, 0.15) is 43.5 Å². The molecule has 1 atom stereocenters. The summed E-state index contributed by atoms with van der Waals surface area (Å²) in [6, 6.07) is 25.3. The molecule has 0 aliphatic heterocycles.